The number of rotatable bonds is 6. The minimum atomic E-state index is -0.150. The van der Waals surface area contributed by atoms with Crippen LogP contribution in [0.4, 0.5) is 5.69 Å². The van der Waals surface area contributed by atoms with E-state index in [4.69, 9.17) is 4.74 Å². The number of benzene rings is 2. The van der Waals surface area contributed by atoms with E-state index >= 15 is 0 Å². The lowest BCUT2D eigenvalue weighted by molar-refractivity contribution is -0.121. The fourth-order valence-corrected chi connectivity index (χ4v) is 3.00. The molecule has 1 heterocycles. The molecule has 5 nitrogen and oxygen atoms in total. The Morgan fingerprint density at radius 2 is 1.88 bits per heavy atom. The predicted octanol–water partition coefficient (Wildman–Crippen LogP) is 2.55. The maximum absolute atomic E-state index is 12.3. The third kappa shape index (κ3) is 4.38. The van der Waals surface area contributed by atoms with Gasteiger partial charge in [-0.2, -0.15) is 0 Å². The number of nitrogens with one attached hydrogen (secondary N) is 1. The molecule has 0 spiro atoms. The third-order valence-electron chi connectivity index (χ3n) is 4.16. The summed E-state index contributed by atoms with van der Waals surface area (Å²) in [5.74, 6) is 0.765. The Kier molecular flexibility index (Phi) is 5.33. The Bertz CT molecular complexity index is 728. The molecule has 0 bridgehead atoms. The monoisotopic (exact) mass is 338 g/mol. The average molecular weight is 338 g/mol. The molecular weight excluding hydrogens is 316 g/mol. The van der Waals surface area contributed by atoms with Crippen molar-refractivity contribution in [2.45, 2.75) is 25.8 Å². The number of carbonyl (C=O) groups is 2. The standard InChI is InChI=1S/C20H22N2O3/c1-2-25-18-10-8-15(9-11-18)12-19(23)21-16-13-20(24)22(14-16)17-6-4-3-5-7-17/h3-11,16H,2,12-14H2,1H3,(H,21,23)/t16-/m0/s1. The van der Waals surface area contributed by atoms with Gasteiger partial charge in [-0.3, -0.25) is 9.59 Å². The quantitative estimate of drug-likeness (QED) is 0.881. The van der Waals surface area contributed by atoms with E-state index in [0.717, 1.165) is 17.0 Å². The number of hydrogen-bond donors (Lipinski definition) is 1. The Labute approximate surface area is 147 Å². The van der Waals surface area contributed by atoms with Crippen molar-refractivity contribution in [1.82, 2.24) is 5.32 Å². The summed E-state index contributed by atoms with van der Waals surface area (Å²) in [7, 11) is 0. The van der Waals surface area contributed by atoms with E-state index in [1.807, 2.05) is 61.5 Å². The number of nitrogens with zero attached hydrogens (tertiary/aromatic N) is 1. The Balaban J connectivity index is 1.54. The topological polar surface area (TPSA) is 58.6 Å². The van der Waals surface area contributed by atoms with E-state index in [-0.39, 0.29) is 17.9 Å². The molecule has 0 saturated carbocycles. The van der Waals surface area contributed by atoms with Gasteiger partial charge in [0.25, 0.3) is 0 Å². The molecular formula is C20H22N2O3. The zero-order valence-corrected chi connectivity index (χ0v) is 14.3. The molecule has 2 aromatic rings. The van der Waals surface area contributed by atoms with Crippen molar-refractivity contribution in [1.29, 1.82) is 0 Å². The molecule has 0 unspecified atom stereocenters. The van der Waals surface area contributed by atoms with Gasteiger partial charge in [0, 0.05) is 18.7 Å². The van der Waals surface area contributed by atoms with Gasteiger partial charge >= 0.3 is 0 Å². The number of para-hydroxylation sites is 1. The largest absolute Gasteiger partial charge is 0.494 e. The van der Waals surface area contributed by atoms with E-state index in [2.05, 4.69) is 5.32 Å². The van der Waals surface area contributed by atoms with Crippen molar-refractivity contribution in [3.8, 4) is 5.75 Å². The highest BCUT2D eigenvalue weighted by molar-refractivity contribution is 5.96. The minimum Gasteiger partial charge on any atom is -0.494 e. The number of amides is 2. The first-order valence-electron chi connectivity index (χ1n) is 8.52. The number of hydrogen-bond acceptors (Lipinski definition) is 3. The average Bonchev–Trinajstić information content (AvgIpc) is 2.98. The first-order valence-corrected chi connectivity index (χ1v) is 8.52. The van der Waals surface area contributed by atoms with Crippen LogP contribution < -0.4 is 15.0 Å². The molecule has 2 aromatic carbocycles. The highest BCUT2D eigenvalue weighted by atomic mass is 16.5. The number of carbonyl (C=O) groups excluding carboxylic acids is 2. The van der Waals surface area contributed by atoms with E-state index < -0.39 is 0 Å². The van der Waals surface area contributed by atoms with Gasteiger partial charge in [0.1, 0.15) is 5.75 Å². The molecule has 1 N–H and O–H groups in total. The van der Waals surface area contributed by atoms with Gasteiger partial charge in [-0.1, -0.05) is 30.3 Å². The summed E-state index contributed by atoms with van der Waals surface area (Å²) >= 11 is 0. The zero-order valence-electron chi connectivity index (χ0n) is 14.3. The molecule has 0 aliphatic carbocycles. The van der Waals surface area contributed by atoms with Crippen LogP contribution in [0.25, 0.3) is 0 Å². The third-order valence-corrected chi connectivity index (χ3v) is 4.16. The maximum Gasteiger partial charge on any atom is 0.229 e. The Hall–Kier alpha value is -2.82. The zero-order chi connectivity index (χ0) is 17.6. The summed E-state index contributed by atoms with van der Waals surface area (Å²) in [5, 5.41) is 2.96. The van der Waals surface area contributed by atoms with Crippen molar-refractivity contribution in [2.24, 2.45) is 0 Å². The van der Waals surface area contributed by atoms with Crippen molar-refractivity contribution in [3.63, 3.8) is 0 Å². The highest BCUT2D eigenvalue weighted by Crippen LogP contribution is 2.21. The van der Waals surface area contributed by atoms with Crippen LogP contribution in [0.15, 0.2) is 54.6 Å². The second kappa shape index (κ2) is 7.83. The molecule has 2 amide bonds. The first kappa shape index (κ1) is 17.0. The van der Waals surface area contributed by atoms with Crippen LogP contribution in [-0.2, 0) is 16.0 Å². The summed E-state index contributed by atoms with van der Waals surface area (Å²) in [5.41, 5.74) is 1.79. The summed E-state index contributed by atoms with van der Waals surface area (Å²) in [6.07, 6.45) is 0.631. The highest BCUT2D eigenvalue weighted by Gasteiger charge is 2.31. The van der Waals surface area contributed by atoms with Crippen molar-refractivity contribution >= 4 is 17.5 Å². The van der Waals surface area contributed by atoms with Crippen LogP contribution in [0.5, 0.6) is 5.75 Å². The van der Waals surface area contributed by atoms with E-state index in [1.54, 1.807) is 4.90 Å². The summed E-state index contributed by atoms with van der Waals surface area (Å²) in [6.45, 7) is 3.06. The van der Waals surface area contributed by atoms with Gasteiger partial charge in [0.2, 0.25) is 11.8 Å². The van der Waals surface area contributed by atoms with Crippen LogP contribution in [0.2, 0.25) is 0 Å². The van der Waals surface area contributed by atoms with Crippen molar-refractivity contribution in [3.05, 3.63) is 60.2 Å². The summed E-state index contributed by atoms with van der Waals surface area (Å²) in [6, 6.07) is 16.9. The number of ether oxygens (including phenoxy) is 1. The smallest absolute Gasteiger partial charge is 0.229 e. The summed E-state index contributed by atoms with van der Waals surface area (Å²) in [4.78, 5) is 26.2. The molecule has 1 aliphatic rings. The van der Waals surface area contributed by atoms with Gasteiger partial charge in [-0.25, -0.2) is 0 Å². The van der Waals surface area contributed by atoms with Gasteiger partial charge < -0.3 is 15.0 Å². The van der Waals surface area contributed by atoms with E-state index in [1.165, 1.54) is 0 Å². The van der Waals surface area contributed by atoms with E-state index in [9.17, 15) is 9.59 Å². The fourth-order valence-electron chi connectivity index (χ4n) is 3.00. The lowest BCUT2D eigenvalue weighted by atomic mass is 10.1. The van der Waals surface area contributed by atoms with Crippen molar-refractivity contribution < 1.29 is 14.3 Å². The lowest BCUT2D eigenvalue weighted by Crippen LogP contribution is -2.38. The second-order valence-electron chi connectivity index (χ2n) is 6.06. The molecule has 5 heteroatoms. The molecule has 25 heavy (non-hydrogen) atoms. The molecule has 0 radical (unpaired) electrons. The molecule has 0 aromatic heterocycles. The van der Waals surface area contributed by atoms with Crippen LogP contribution in [0.3, 0.4) is 0 Å². The normalized spacial score (nSPS) is 16.8. The van der Waals surface area contributed by atoms with Gasteiger partial charge in [0.15, 0.2) is 0 Å². The Morgan fingerprint density at radius 1 is 1.16 bits per heavy atom. The van der Waals surface area contributed by atoms with Gasteiger partial charge in [-0.05, 0) is 36.8 Å². The van der Waals surface area contributed by atoms with Gasteiger partial charge in [0.05, 0.1) is 19.1 Å². The Morgan fingerprint density at radius 3 is 2.56 bits per heavy atom. The van der Waals surface area contributed by atoms with Crippen LogP contribution in [0.1, 0.15) is 18.9 Å². The van der Waals surface area contributed by atoms with Crippen LogP contribution >= 0.6 is 0 Å². The molecule has 1 fully saturated rings. The molecule has 130 valence electrons. The van der Waals surface area contributed by atoms with Crippen molar-refractivity contribution in [2.75, 3.05) is 18.1 Å². The van der Waals surface area contributed by atoms with Gasteiger partial charge in [-0.15, -0.1) is 0 Å². The second-order valence-corrected chi connectivity index (χ2v) is 6.06. The van der Waals surface area contributed by atoms with Crippen LogP contribution in [0, 0.1) is 0 Å². The fraction of sp³-hybridized carbons (Fsp3) is 0.300. The molecule has 1 aliphatic heterocycles. The first-order chi connectivity index (χ1) is 12.2. The minimum absolute atomic E-state index is 0.0394. The SMILES string of the molecule is CCOc1ccc(CC(=O)N[C@H]2CC(=O)N(c3ccccc3)C2)cc1. The predicted molar refractivity (Wildman–Crippen MR) is 96.7 cm³/mol. The van der Waals surface area contributed by atoms with Crippen LogP contribution in [-0.4, -0.2) is 31.0 Å². The summed E-state index contributed by atoms with van der Waals surface area (Å²) < 4.78 is 5.40. The maximum atomic E-state index is 12.3. The molecule has 1 saturated heterocycles. The molecule has 3 rings (SSSR count). The van der Waals surface area contributed by atoms with E-state index in [0.29, 0.717) is 26.0 Å². The molecule has 1 atom stereocenters. The lowest BCUT2D eigenvalue weighted by Gasteiger charge is -2.17. The number of anilines is 1.